The van der Waals surface area contributed by atoms with Crippen LogP contribution >= 0.6 is 0 Å². The first-order valence-electron chi connectivity index (χ1n) is 9.27. The molecule has 1 heterocycles. The number of aryl methyl sites for hydroxylation is 1. The van der Waals surface area contributed by atoms with Crippen LogP contribution in [0.4, 0.5) is 10.1 Å². The second-order valence-corrected chi connectivity index (χ2v) is 6.62. The van der Waals surface area contributed by atoms with Gasteiger partial charge in [-0.3, -0.25) is 4.79 Å². The van der Waals surface area contributed by atoms with E-state index in [4.69, 9.17) is 9.26 Å². The SMILES string of the molecule is Cc1ccc(-c2noc(COc3ccccc3C(=O)Nc3ccc(F)cc3)n2)cc1. The second-order valence-electron chi connectivity index (χ2n) is 6.62. The highest BCUT2D eigenvalue weighted by atomic mass is 19.1. The van der Waals surface area contributed by atoms with Crippen molar-refractivity contribution in [3.63, 3.8) is 0 Å². The summed E-state index contributed by atoms with van der Waals surface area (Å²) in [5.74, 6) is 0.381. The smallest absolute Gasteiger partial charge is 0.264 e. The van der Waals surface area contributed by atoms with E-state index < -0.39 is 0 Å². The van der Waals surface area contributed by atoms with Crippen LogP contribution in [0.15, 0.2) is 77.3 Å². The zero-order valence-corrected chi connectivity index (χ0v) is 16.1. The number of nitrogens with one attached hydrogen (secondary N) is 1. The van der Waals surface area contributed by atoms with Crippen LogP contribution in [0.1, 0.15) is 21.8 Å². The maximum absolute atomic E-state index is 13.0. The number of nitrogens with zero attached hydrogens (tertiary/aromatic N) is 2. The summed E-state index contributed by atoms with van der Waals surface area (Å²) in [5.41, 5.74) is 2.80. The molecule has 1 amide bonds. The van der Waals surface area contributed by atoms with Gasteiger partial charge in [0.15, 0.2) is 6.61 Å². The Kier molecular flexibility index (Phi) is 5.52. The summed E-state index contributed by atoms with van der Waals surface area (Å²) in [4.78, 5) is 16.9. The Morgan fingerprint density at radius 3 is 2.53 bits per heavy atom. The molecule has 4 rings (SSSR count). The topological polar surface area (TPSA) is 77.2 Å². The summed E-state index contributed by atoms with van der Waals surface area (Å²) in [7, 11) is 0. The minimum atomic E-state index is -0.374. The molecule has 0 atom stereocenters. The fraction of sp³-hybridized carbons (Fsp3) is 0.0870. The lowest BCUT2D eigenvalue weighted by Crippen LogP contribution is -2.13. The summed E-state index contributed by atoms with van der Waals surface area (Å²) in [6.07, 6.45) is 0. The quantitative estimate of drug-likeness (QED) is 0.489. The van der Waals surface area contributed by atoms with Crippen LogP contribution in [-0.4, -0.2) is 16.0 Å². The minimum absolute atomic E-state index is 0.0136. The van der Waals surface area contributed by atoms with Gasteiger partial charge in [0.1, 0.15) is 11.6 Å². The minimum Gasteiger partial charge on any atom is -0.483 e. The Bertz CT molecular complexity index is 1160. The van der Waals surface area contributed by atoms with E-state index in [1.807, 2.05) is 31.2 Å². The van der Waals surface area contributed by atoms with Crippen molar-refractivity contribution in [2.45, 2.75) is 13.5 Å². The lowest BCUT2D eigenvalue weighted by molar-refractivity contribution is 0.102. The molecule has 1 aromatic heterocycles. The van der Waals surface area contributed by atoms with Crippen LogP contribution in [0.25, 0.3) is 11.4 Å². The van der Waals surface area contributed by atoms with Crippen molar-refractivity contribution in [2.24, 2.45) is 0 Å². The zero-order valence-electron chi connectivity index (χ0n) is 16.1. The molecule has 150 valence electrons. The maximum Gasteiger partial charge on any atom is 0.264 e. The van der Waals surface area contributed by atoms with E-state index in [2.05, 4.69) is 15.5 Å². The van der Waals surface area contributed by atoms with Crippen molar-refractivity contribution in [1.82, 2.24) is 10.1 Å². The van der Waals surface area contributed by atoms with E-state index in [1.165, 1.54) is 24.3 Å². The van der Waals surface area contributed by atoms with Crippen LogP contribution in [0.3, 0.4) is 0 Å². The Morgan fingerprint density at radius 1 is 1.03 bits per heavy atom. The van der Waals surface area contributed by atoms with Gasteiger partial charge in [0.05, 0.1) is 5.56 Å². The predicted octanol–water partition coefficient (Wildman–Crippen LogP) is 5.02. The van der Waals surface area contributed by atoms with Gasteiger partial charge >= 0.3 is 0 Å². The molecular weight excluding hydrogens is 385 g/mol. The fourth-order valence-electron chi connectivity index (χ4n) is 2.78. The molecule has 0 saturated heterocycles. The lowest BCUT2D eigenvalue weighted by atomic mass is 10.1. The molecule has 0 aliphatic rings. The molecule has 30 heavy (non-hydrogen) atoms. The monoisotopic (exact) mass is 403 g/mol. The van der Waals surface area contributed by atoms with Gasteiger partial charge in [-0.15, -0.1) is 0 Å². The third-order valence-electron chi connectivity index (χ3n) is 4.36. The van der Waals surface area contributed by atoms with Crippen LogP contribution in [0.2, 0.25) is 0 Å². The fourth-order valence-corrected chi connectivity index (χ4v) is 2.78. The number of para-hydroxylation sites is 1. The zero-order chi connectivity index (χ0) is 20.9. The van der Waals surface area contributed by atoms with E-state index in [0.717, 1.165) is 11.1 Å². The maximum atomic E-state index is 13.0. The Hall–Kier alpha value is -4.00. The molecule has 7 heteroatoms. The molecule has 0 aliphatic heterocycles. The van der Waals surface area contributed by atoms with Gasteiger partial charge in [0.2, 0.25) is 5.82 Å². The van der Waals surface area contributed by atoms with Crippen molar-refractivity contribution in [1.29, 1.82) is 0 Å². The van der Waals surface area contributed by atoms with Gasteiger partial charge in [-0.05, 0) is 43.3 Å². The molecule has 0 aliphatic carbocycles. The molecule has 3 aromatic carbocycles. The predicted molar refractivity (Wildman–Crippen MR) is 110 cm³/mol. The van der Waals surface area contributed by atoms with Crippen molar-refractivity contribution < 1.29 is 18.4 Å². The summed E-state index contributed by atoms with van der Waals surface area (Å²) in [5, 5.41) is 6.69. The van der Waals surface area contributed by atoms with E-state index >= 15 is 0 Å². The van der Waals surface area contributed by atoms with Gasteiger partial charge < -0.3 is 14.6 Å². The number of anilines is 1. The first kappa shape index (κ1) is 19.3. The van der Waals surface area contributed by atoms with Crippen LogP contribution < -0.4 is 10.1 Å². The molecule has 0 spiro atoms. The number of carbonyl (C=O) groups is 1. The lowest BCUT2D eigenvalue weighted by Gasteiger charge is -2.10. The van der Waals surface area contributed by atoms with E-state index in [-0.39, 0.29) is 18.3 Å². The van der Waals surface area contributed by atoms with Crippen LogP contribution in [0, 0.1) is 12.7 Å². The molecule has 0 bridgehead atoms. The number of ether oxygens (including phenoxy) is 1. The van der Waals surface area contributed by atoms with Gasteiger partial charge in [0.25, 0.3) is 11.8 Å². The third-order valence-corrected chi connectivity index (χ3v) is 4.36. The summed E-state index contributed by atoms with van der Waals surface area (Å²) in [6.45, 7) is 2.02. The Labute approximate surface area is 172 Å². The van der Waals surface area contributed by atoms with Crippen molar-refractivity contribution in [3.05, 3.63) is 95.6 Å². The number of amides is 1. The number of hydrogen-bond donors (Lipinski definition) is 1. The van der Waals surface area contributed by atoms with Gasteiger partial charge in [-0.2, -0.15) is 4.98 Å². The molecule has 1 N–H and O–H groups in total. The Balaban J connectivity index is 1.45. The van der Waals surface area contributed by atoms with E-state index in [9.17, 15) is 9.18 Å². The van der Waals surface area contributed by atoms with Crippen LogP contribution in [0.5, 0.6) is 5.75 Å². The summed E-state index contributed by atoms with van der Waals surface area (Å²) < 4.78 is 24.1. The molecule has 0 radical (unpaired) electrons. The average molecular weight is 403 g/mol. The first-order valence-corrected chi connectivity index (χ1v) is 9.27. The summed E-state index contributed by atoms with van der Waals surface area (Å²) in [6, 6.07) is 20.1. The van der Waals surface area contributed by atoms with Crippen molar-refractivity contribution in [3.8, 4) is 17.1 Å². The standard InChI is InChI=1S/C23H18FN3O3/c1-15-6-8-16(9-7-15)22-26-21(30-27-22)14-29-20-5-3-2-4-19(20)23(28)25-18-12-10-17(24)11-13-18/h2-13H,14H2,1H3,(H,25,28). The van der Waals surface area contributed by atoms with Crippen molar-refractivity contribution >= 4 is 11.6 Å². The molecule has 0 unspecified atom stereocenters. The summed E-state index contributed by atoms with van der Waals surface area (Å²) >= 11 is 0. The highest BCUT2D eigenvalue weighted by molar-refractivity contribution is 6.06. The number of halogens is 1. The number of carbonyl (C=O) groups excluding carboxylic acids is 1. The van der Waals surface area contributed by atoms with E-state index in [1.54, 1.807) is 24.3 Å². The molecule has 0 fully saturated rings. The van der Waals surface area contributed by atoms with Crippen molar-refractivity contribution in [2.75, 3.05) is 5.32 Å². The van der Waals surface area contributed by atoms with Gasteiger partial charge in [-0.25, -0.2) is 4.39 Å². The first-order chi connectivity index (χ1) is 14.6. The molecule has 6 nitrogen and oxygen atoms in total. The number of benzene rings is 3. The number of aromatic nitrogens is 2. The highest BCUT2D eigenvalue weighted by Gasteiger charge is 2.15. The second kappa shape index (κ2) is 8.57. The van der Waals surface area contributed by atoms with Crippen LogP contribution in [-0.2, 0) is 6.61 Å². The third kappa shape index (κ3) is 4.52. The molecule has 4 aromatic rings. The number of hydrogen-bond acceptors (Lipinski definition) is 5. The molecule has 0 saturated carbocycles. The highest BCUT2D eigenvalue weighted by Crippen LogP contribution is 2.22. The molecular formula is C23H18FN3O3. The normalized spacial score (nSPS) is 10.6. The van der Waals surface area contributed by atoms with Gasteiger partial charge in [0, 0.05) is 11.3 Å². The average Bonchev–Trinajstić information content (AvgIpc) is 3.23. The largest absolute Gasteiger partial charge is 0.483 e. The Morgan fingerprint density at radius 2 is 1.77 bits per heavy atom. The van der Waals surface area contributed by atoms with E-state index in [0.29, 0.717) is 28.7 Å². The number of rotatable bonds is 6. The van der Waals surface area contributed by atoms with Gasteiger partial charge in [-0.1, -0.05) is 47.1 Å².